The van der Waals surface area contributed by atoms with E-state index in [4.69, 9.17) is 11.6 Å². The number of alkyl halides is 2. The lowest BCUT2D eigenvalue weighted by Gasteiger charge is -2.08. The monoisotopic (exact) mass is 446 g/mol. The van der Waals surface area contributed by atoms with Crippen molar-refractivity contribution in [3.63, 3.8) is 0 Å². The molecule has 10 heteroatoms. The molecule has 30 heavy (non-hydrogen) atoms. The van der Waals surface area contributed by atoms with Gasteiger partial charge in [-0.1, -0.05) is 23.7 Å². The minimum atomic E-state index is -2.94. The van der Waals surface area contributed by atoms with Crippen LogP contribution in [0.3, 0.4) is 0 Å². The molecule has 0 saturated carbocycles. The van der Waals surface area contributed by atoms with E-state index in [9.17, 15) is 13.6 Å². The molecule has 2 aromatic carbocycles. The second kappa shape index (κ2) is 8.60. The van der Waals surface area contributed by atoms with E-state index >= 15 is 0 Å². The highest BCUT2D eigenvalue weighted by Crippen LogP contribution is 2.33. The normalized spacial score (nSPS) is 10.9. The molecule has 0 aliphatic carbocycles. The predicted octanol–water partition coefficient (Wildman–Crippen LogP) is 5.50. The topological polar surface area (TPSA) is 69.0 Å². The Bertz CT molecular complexity index is 1180. The smallest absolute Gasteiger partial charge is 0.387 e. The third-order valence-electron chi connectivity index (χ3n) is 4.04. The van der Waals surface area contributed by atoms with Gasteiger partial charge in [0.15, 0.2) is 5.13 Å². The number of amides is 1. The van der Waals surface area contributed by atoms with Gasteiger partial charge in [-0.05, 0) is 36.4 Å². The lowest BCUT2D eigenvalue weighted by Crippen LogP contribution is -2.10. The first-order chi connectivity index (χ1) is 14.5. The van der Waals surface area contributed by atoms with Crippen molar-refractivity contribution in [1.82, 2.24) is 14.8 Å². The number of anilines is 1. The Morgan fingerprint density at radius 1 is 1.17 bits per heavy atom. The maximum Gasteiger partial charge on any atom is 0.387 e. The highest BCUT2D eigenvalue weighted by molar-refractivity contribution is 7.14. The number of halogens is 3. The van der Waals surface area contributed by atoms with Gasteiger partial charge >= 0.3 is 6.61 Å². The summed E-state index contributed by atoms with van der Waals surface area (Å²) in [7, 11) is 0. The number of nitrogens with one attached hydrogen (secondary N) is 1. The fourth-order valence-electron chi connectivity index (χ4n) is 2.68. The van der Waals surface area contributed by atoms with Crippen molar-refractivity contribution in [3.8, 4) is 22.7 Å². The standard InChI is InChI=1S/C20H13ClF2N4O2S/c21-13-5-7-14(8-6-13)27-10-12(9-24-27)18(28)26-20-25-16(11-30-20)15-3-1-2-4-17(15)29-19(22)23/h1-11,19H,(H,25,26,28). The van der Waals surface area contributed by atoms with E-state index in [1.165, 1.54) is 23.6 Å². The molecule has 4 rings (SSSR count). The summed E-state index contributed by atoms with van der Waals surface area (Å²) in [6, 6.07) is 13.4. The van der Waals surface area contributed by atoms with E-state index in [1.54, 1.807) is 58.7 Å². The lowest BCUT2D eigenvalue weighted by atomic mass is 10.1. The molecule has 6 nitrogen and oxygen atoms in total. The summed E-state index contributed by atoms with van der Waals surface area (Å²) in [4.78, 5) is 16.8. The van der Waals surface area contributed by atoms with Gasteiger partial charge in [0.2, 0.25) is 0 Å². The molecule has 2 heterocycles. The number of aromatic nitrogens is 3. The molecule has 0 atom stereocenters. The number of rotatable bonds is 6. The Morgan fingerprint density at radius 2 is 1.93 bits per heavy atom. The van der Waals surface area contributed by atoms with Crippen LogP contribution >= 0.6 is 22.9 Å². The van der Waals surface area contributed by atoms with Crippen molar-refractivity contribution in [1.29, 1.82) is 0 Å². The van der Waals surface area contributed by atoms with Gasteiger partial charge in [0.1, 0.15) is 5.75 Å². The zero-order valence-electron chi connectivity index (χ0n) is 15.1. The molecule has 0 radical (unpaired) electrons. The number of ether oxygens (including phenoxy) is 1. The van der Waals surface area contributed by atoms with Crippen LogP contribution < -0.4 is 10.1 Å². The fraction of sp³-hybridized carbons (Fsp3) is 0.0500. The first-order valence-electron chi connectivity index (χ1n) is 8.61. The Balaban J connectivity index is 1.49. The number of hydrogen-bond acceptors (Lipinski definition) is 5. The van der Waals surface area contributed by atoms with Gasteiger partial charge in [0, 0.05) is 22.2 Å². The number of carbonyl (C=O) groups is 1. The Kier molecular flexibility index (Phi) is 5.73. The van der Waals surface area contributed by atoms with Crippen LogP contribution in [0.4, 0.5) is 13.9 Å². The molecule has 2 aromatic heterocycles. The third kappa shape index (κ3) is 4.47. The highest BCUT2D eigenvalue weighted by atomic mass is 35.5. The van der Waals surface area contributed by atoms with Crippen molar-refractivity contribution in [3.05, 3.63) is 76.9 Å². The van der Waals surface area contributed by atoms with Gasteiger partial charge in [-0.2, -0.15) is 13.9 Å². The molecule has 4 aromatic rings. The molecule has 0 spiro atoms. The van der Waals surface area contributed by atoms with E-state index in [-0.39, 0.29) is 5.75 Å². The molecule has 0 fully saturated rings. The Morgan fingerprint density at radius 3 is 2.70 bits per heavy atom. The summed E-state index contributed by atoms with van der Waals surface area (Å²) in [6.07, 6.45) is 3.02. The van der Waals surface area contributed by atoms with Crippen LogP contribution in [-0.2, 0) is 0 Å². The maximum atomic E-state index is 12.6. The van der Waals surface area contributed by atoms with Gasteiger partial charge in [0.05, 0.1) is 23.1 Å². The highest BCUT2D eigenvalue weighted by Gasteiger charge is 2.16. The minimum absolute atomic E-state index is 0.0138. The number of benzene rings is 2. The average molecular weight is 447 g/mol. The van der Waals surface area contributed by atoms with E-state index in [0.717, 1.165) is 5.69 Å². The molecule has 1 amide bonds. The van der Waals surface area contributed by atoms with Crippen molar-refractivity contribution in [2.45, 2.75) is 6.61 Å². The van der Waals surface area contributed by atoms with Crippen molar-refractivity contribution in [2.24, 2.45) is 0 Å². The van der Waals surface area contributed by atoms with E-state index < -0.39 is 12.5 Å². The van der Waals surface area contributed by atoms with Crippen molar-refractivity contribution in [2.75, 3.05) is 5.32 Å². The van der Waals surface area contributed by atoms with E-state index in [1.807, 2.05) is 0 Å². The summed E-state index contributed by atoms with van der Waals surface area (Å²) in [5.74, 6) is -0.381. The van der Waals surface area contributed by atoms with Crippen molar-refractivity contribution >= 4 is 34.0 Å². The molecule has 152 valence electrons. The van der Waals surface area contributed by atoms with Crippen LogP contribution in [0, 0.1) is 0 Å². The largest absolute Gasteiger partial charge is 0.434 e. The van der Waals surface area contributed by atoms with E-state index in [0.29, 0.717) is 27.0 Å². The van der Waals surface area contributed by atoms with Crippen LogP contribution in [0.2, 0.25) is 5.02 Å². The molecule has 0 aliphatic heterocycles. The fourth-order valence-corrected chi connectivity index (χ4v) is 3.51. The quantitative estimate of drug-likeness (QED) is 0.424. The summed E-state index contributed by atoms with van der Waals surface area (Å²) >= 11 is 7.05. The zero-order chi connectivity index (χ0) is 21.1. The number of thiazole rings is 1. The Labute approximate surface area is 178 Å². The Hall–Kier alpha value is -3.30. The average Bonchev–Trinajstić information content (AvgIpc) is 3.38. The first-order valence-corrected chi connectivity index (χ1v) is 9.87. The predicted molar refractivity (Wildman–Crippen MR) is 111 cm³/mol. The molecule has 0 saturated heterocycles. The molecule has 1 N–H and O–H groups in total. The van der Waals surface area contributed by atoms with E-state index in [2.05, 4.69) is 20.1 Å². The second-order valence-electron chi connectivity index (χ2n) is 6.02. The van der Waals surface area contributed by atoms with Crippen LogP contribution in [-0.4, -0.2) is 27.3 Å². The molecular formula is C20H13ClF2N4O2S. The maximum absolute atomic E-state index is 12.6. The third-order valence-corrected chi connectivity index (χ3v) is 5.05. The number of hydrogen-bond donors (Lipinski definition) is 1. The summed E-state index contributed by atoms with van der Waals surface area (Å²) in [6.45, 7) is -2.94. The molecule has 0 bridgehead atoms. The van der Waals surface area contributed by atoms with Crippen LogP contribution in [0.15, 0.2) is 66.3 Å². The first kappa shape index (κ1) is 20.0. The molecular weight excluding hydrogens is 434 g/mol. The van der Waals surface area contributed by atoms with Gasteiger partial charge < -0.3 is 4.74 Å². The van der Waals surface area contributed by atoms with Gasteiger partial charge in [-0.15, -0.1) is 11.3 Å². The van der Waals surface area contributed by atoms with Gasteiger partial charge in [0.25, 0.3) is 5.91 Å². The summed E-state index contributed by atoms with van der Waals surface area (Å²) < 4.78 is 31.3. The van der Waals surface area contributed by atoms with Gasteiger partial charge in [-0.3, -0.25) is 10.1 Å². The van der Waals surface area contributed by atoms with Crippen molar-refractivity contribution < 1.29 is 18.3 Å². The SMILES string of the molecule is O=C(Nc1nc(-c2ccccc2OC(F)F)cs1)c1cnn(-c2ccc(Cl)cc2)c1. The van der Waals surface area contributed by atoms with Crippen LogP contribution in [0.1, 0.15) is 10.4 Å². The molecule has 0 aliphatic rings. The van der Waals surface area contributed by atoms with Crippen LogP contribution in [0.5, 0.6) is 5.75 Å². The molecule has 0 unspecified atom stereocenters. The zero-order valence-corrected chi connectivity index (χ0v) is 16.7. The van der Waals surface area contributed by atoms with Gasteiger partial charge in [-0.25, -0.2) is 9.67 Å². The number of para-hydroxylation sites is 1. The summed E-state index contributed by atoms with van der Waals surface area (Å²) in [5, 5.41) is 9.44. The minimum Gasteiger partial charge on any atom is -0.434 e. The number of carbonyl (C=O) groups excluding carboxylic acids is 1. The second-order valence-corrected chi connectivity index (χ2v) is 7.31. The summed E-state index contributed by atoms with van der Waals surface area (Å²) in [5.41, 5.74) is 1.92. The van der Waals surface area contributed by atoms with Crippen LogP contribution in [0.25, 0.3) is 16.9 Å². The lowest BCUT2D eigenvalue weighted by molar-refractivity contribution is -0.0494. The number of nitrogens with zero attached hydrogens (tertiary/aromatic N) is 3.